The van der Waals surface area contributed by atoms with E-state index in [2.05, 4.69) is 21.3 Å². The number of benzene rings is 1. The maximum Gasteiger partial charge on any atom is 0.0996 e. The summed E-state index contributed by atoms with van der Waals surface area (Å²) in [6.07, 6.45) is 7.59. The Hall–Kier alpha value is -2.67. The lowest BCUT2D eigenvalue weighted by molar-refractivity contribution is 1.10. The van der Waals surface area contributed by atoms with Crippen molar-refractivity contribution in [2.75, 3.05) is 7.05 Å². The van der Waals surface area contributed by atoms with Crippen molar-refractivity contribution < 1.29 is 0 Å². The maximum absolute atomic E-state index is 9.06. The van der Waals surface area contributed by atoms with E-state index in [1.54, 1.807) is 13.3 Å². The first-order chi connectivity index (χ1) is 9.71. The lowest BCUT2D eigenvalue weighted by Crippen LogP contribution is -1.85. The average Bonchev–Trinajstić information content (AvgIpc) is 2.85. The van der Waals surface area contributed by atoms with Gasteiger partial charge in [0.25, 0.3) is 0 Å². The highest BCUT2D eigenvalue weighted by atomic mass is 15.1. The van der Waals surface area contributed by atoms with Crippen LogP contribution < -0.4 is 0 Å². The first-order valence-corrected chi connectivity index (χ1v) is 6.35. The highest BCUT2D eigenvalue weighted by Gasteiger charge is 2.10. The lowest BCUT2D eigenvalue weighted by Gasteiger charge is -2.00. The van der Waals surface area contributed by atoms with Gasteiger partial charge in [-0.3, -0.25) is 10.1 Å². The molecule has 20 heavy (non-hydrogen) atoms. The molecule has 0 aliphatic heterocycles. The standard InChI is InChI=1S/C16H16N4/c1-4-12(6-5-7-18-3)16-14-8-11(2)13(10-17)9-15(14)19-20-16/h4-9H,1-3H3,(H,19,20)/b6-5-,12-4+,18-7?. The maximum atomic E-state index is 9.06. The molecule has 0 saturated carbocycles. The van der Waals surface area contributed by atoms with E-state index in [1.165, 1.54) is 0 Å². The summed E-state index contributed by atoms with van der Waals surface area (Å²) in [5, 5.41) is 17.4. The molecule has 0 atom stereocenters. The first kappa shape index (κ1) is 13.8. The van der Waals surface area contributed by atoms with E-state index in [0.29, 0.717) is 5.56 Å². The summed E-state index contributed by atoms with van der Waals surface area (Å²) in [5.41, 5.74) is 4.40. The molecular weight excluding hydrogens is 248 g/mol. The summed E-state index contributed by atoms with van der Waals surface area (Å²) in [5.74, 6) is 0. The van der Waals surface area contributed by atoms with Gasteiger partial charge in [-0.1, -0.05) is 12.2 Å². The van der Waals surface area contributed by atoms with Crippen molar-refractivity contribution in [1.82, 2.24) is 10.2 Å². The van der Waals surface area contributed by atoms with Crippen LogP contribution in [0, 0.1) is 18.3 Å². The van der Waals surface area contributed by atoms with Crippen molar-refractivity contribution in [1.29, 1.82) is 5.26 Å². The van der Waals surface area contributed by atoms with Crippen LogP contribution in [-0.4, -0.2) is 23.5 Å². The molecule has 1 aromatic heterocycles. The molecule has 0 unspecified atom stereocenters. The Morgan fingerprint density at radius 3 is 2.90 bits per heavy atom. The van der Waals surface area contributed by atoms with Gasteiger partial charge in [-0.2, -0.15) is 10.4 Å². The number of aryl methyl sites for hydroxylation is 1. The first-order valence-electron chi connectivity index (χ1n) is 6.35. The Morgan fingerprint density at radius 1 is 1.45 bits per heavy atom. The Kier molecular flexibility index (Phi) is 4.11. The summed E-state index contributed by atoms with van der Waals surface area (Å²) in [7, 11) is 1.73. The van der Waals surface area contributed by atoms with Crippen molar-refractivity contribution in [2.45, 2.75) is 13.8 Å². The van der Waals surface area contributed by atoms with Gasteiger partial charge >= 0.3 is 0 Å². The molecule has 4 heteroatoms. The van der Waals surface area contributed by atoms with E-state index in [4.69, 9.17) is 5.26 Å². The Balaban J connectivity index is 2.56. The summed E-state index contributed by atoms with van der Waals surface area (Å²) in [6, 6.07) is 6.02. The van der Waals surface area contributed by atoms with Crippen LogP contribution in [0.4, 0.5) is 0 Å². The molecule has 1 aromatic carbocycles. The van der Waals surface area contributed by atoms with Gasteiger partial charge in [-0.05, 0) is 43.2 Å². The number of hydrogen-bond acceptors (Lipinski definition) is 3. The quantitative estimate of drug-likeness (QED) is 0.682. The predicted molar refractivity (Wildman–Crippen MR) is 82.8 cm³/mol. The normalized spacial score (nSPS) is 12.6. The highest BCUT2D eigenvalue weighted by molar-refractivity contribution is 5.94. The van der Waals surface area contributed by atoms with Crippen molar-refractivity contribution >= 4 is 22.7 Å². The number of nitriles is 1. The van der Waals surface area contributed by atoms with E-state index in [1.807, 2.05) is 44.2 Å². The van der Waals surface area contributed by atoms with Crippen LogP contribution in [0.15, 0.2) is 35.4 Å². The molecule has 0 aliphatic rings. The predicted octanol–water partition coefficient (Wildman–Crippen LogP) is 3.40. The molecule has 100 valence electrons. The minimum atomic E-state index is 0.670. The van der Waals surface area contributed by atoms with Crippen molar-refractivity contribution in [3.05, 3.63) is 47.2 Å². The molecule has 1 N–H and O–H groups in total. The summed E-state index contributed by atoms with van der Waals surface area (Å²) in [6.45, 7) is 3.91. The van der Waals surface area contributed by atoms with E-state index >= 15 is 0 Å². The van der Waals surface area contributed by atoms with Gasteiger partial charge in [0, 0.05) is 18.6 Å². The third-order valence-electron chi connectivity index (χ3n) is 3.12. The smallest absolute Gasteiger partial charge is 0.0996 e. The number of rotatable bonds is 3. The van der Waals surface area contributed by atoms with Gasteiger partial charge in [-0.25, -0.2) is 0 Å². The number of aromatic nitrogens is 2. The van der Waals surface area contributed by atoms with Gasteiger partial charge in [0.1, 0.15) is 0 Å². The Morgan fingerprint density at radius 2 is 2.25 bits per heavy atom. The molecule has 0 bridgehead atoms. The fraction of sp³-hybridized carbons (Fsp3) is 0.188. The van der Waals surface area contributed by atoms with E-state index in [9.17, 15) is 0 Å². The third kappa shape index (κ3) is 2.52. The number of hydrogen-bond donors (Lipinski definition) is 1. The van der Waals surface area contributed by atoms with Crippen molar-refractivity contribution in [2.24, 2.45) is 4.99 Å². The van der Waals surface area contributed by atoms with Crippen molar-refractivity contribution in [3.63, 3.8) is 0 Å². The minimum absolute atomic E-state index is 0.670. The number of aromatic amines is 1. The van der Waals surface area contributed by atoms with E-state index < -0.39 is 0 Å². The molecule has 2 aromatic rings. The fourth-order valence-electron chi connectivity index (χ4n) is 2.06. The minimum Gasteiger partial charge on any atom is -0.297 e. The van der Waals surface area contributed by atoms with Crippen LogP contribution in [-0.2, 0) is 0 Å². The molecule has 2 rings (SSSR count). The number of allylic oxidation sites excluding steroid dienone is 4. The number of aliphatic imine (C=N–C) groups is 1. The summed E-state index contributed by atoms with van der Waals surface area (Å²) >= 11 is 0. The second-order valence-electron chi connectivity index (χ2n) is 4.41. The SMILES string of the molecule is C/C=C(\C=C/C=NC)c1n[nH]c2cc(C#N)c(C)cc12. The Bertz CT molecular complexity index is 755. The Labute approximate surface area is 118 Å². The molecule has 0 fully saturated rings. The van der Waals surface area contributed by atoms with Crippen LogP contribution in [0.25, 0.3) is 16.5 Å². The topological polar surface area (TPSA) is 64.8 Å². The zero-order valence-corrected chi connectivity index (χ0v) is 11.8. The third-order valence-corrected chi connectivity index (χ3v) is 3.12. The number of nitrogens with zero attached hydrogens (tertiary/aromatic N) is 3. The van der Waals surface area contributed by atoms with Crippen LogP contribution in [0.2, 0.25) is 0 Å². The second kappa shape index (κ2) is 5.98. The number of fused-ring (bicyclic) bond motifs is 1. The van der Waals surface area contributed by atoms with Crippen LogP contribution in [0.3, 0.4) is 0 Å². The lowest BCUT2D eigenvalue weighted by atomic mass is 10.0. The van der Waals surface area contributed by atoms with Gasteiger partial charge in [0.15, 0.2) is 0 Å². The van der Waals surface area contributed by atoms with Gasteiger partial charge in [0.05, 0.1) is 22.8 Å². The molecule has 0 spiro atoms. The van der Waals surface area contributed by atoms with Gasteiger partial charge < -0.3 is 0 Å². The van der Waals surface area contributed by atoms with Gasteiger partial charge in [0.2, 0.25) is 0 Å². The van der Waals surface area contributed by atoms with Crippen molar-refractivity contribution in [3.8, 4) is 6.07 Å². The molecule has 1 heterocycles. The molecule has 4 nitrogen and oxygen atoms in total. The highest BCUT2D eigenvalue weighted by Crippen LogP contribution is 2.26. The number of H-pyrrole nitrogens is 1. The zero-order valence-electron chi connectivity index (χ0n) is 11.8. The van der Waals surface area contributed by atoms with E-state index in [-0.39, 0.29) is 0 Å². The zero-order chi connectivity index (χ0) is 14.5. The van der Waals surface area contributed by atoms with E-state index in [0.717, 1.165) is 27.7 Å². The molecular formula is C16H16N4. The molecule has 0 aliphatic carbocycles. The largest absolute Gasteiger partial charge is 0.297 e. The van der Waals surface area contributed by atoms with Crippen LogP contribution in [0.5, 0.6) is 0 Å². The molecule has 0 amide bonds. The summed E-state index contributed by atoms with van der Waals surface area (Å²) in [4.78, 5) is 3.92. The average molecular weight is 264 g/mol. The van der Waals surface area contributed by atoms with Crippen LogP contribution >= 0.6 is 0 Å². The molecule has 0 radical (unpaired) electrons. The monoisotopic (exact) mass is 264 g/mol. The summed E-state index contributed by atoms with van der Waals surface area (Å²) < 4.78 is 0. The number of nitrogens with one attached hydrogen (secondary N) is 1. The fourth-order valence-corrected chi connectivity index (χ4v) is 2.06. The van der Waals surface area contributed by atoms with Gasteiger partial charge in [-0.15, -0.1) is 0 Å². The van der Waals surface area contributed by atoms with Crippen LogP contribution in [0.1, 0.15) is 23.7 Å². The molecule has 0 saturated heterocycles. The second-order valence-corrected chi connectivity index (χ2v) is 4.41.